The van der Waals surface area contributed by atoms with Crippen molar-refractivity contribution in [3.8, 4) is 5.75 Å². The highest BCUT2D eigenvalue weighted by Crippen LogP contribution is 2.21. The summed E-state index contributed by atoms with van der Waals surface area (Å²) in [6.45, 7) is 0. The van der Waals surface area contributed by atoms with Crippen molar-refractivity contribution in [3.05, 3.63) is 27.3 Å². The molecule has 0 spiro atoms. The summed E-state index contributed by atoms with van der Waals surface area (Å²) in [4.78, 5) is 0. The van der Waals surface area contributed by atoms with Crippen LogP contribution in [0, 0.1) is 3.57 Å². The van der Waals surface area contributed by atoms with Gasteiger partial charge in [0.15, 0.2) is 0 Å². The van der Waals surface area contributed by atoms with E-state index in [2.05, 4.69) is 57.3 Å². The van der Waals surface area contributed by atoms with Gasteiger partial charge >= 0.3 is 0 Å². The van der Waals surface area contributed by atoms with Crippen LogP contribution in [0.1, 0.15) is 5.56 Å². The smallest absolute Gasteiger partial charge is 0.119 e. The zero-order valence-corrected chi connectivity index (χ0v) is 10.4. The minimum Gasteiger partial charge on any atom is -0.497 e. The monoisotopic (exact) mass is 374 g/mol. The van der Waals surface area contributed by atoms with Crippen LogP contribution >= 0.6 is 45.2 Å². The molecular formula is C8H8I2O. The van der Waals surface area contributed by atoms with Crippen molar-refractivity contribution in [2.24, 2.45) is 0 Å². The quantitative estimate of drug-likeness (QED) is 0.571. The van der Waals surface area contributed by atoms with Crippen molar-refractivity contribution in [1.29, 1.82) is 0 Å². The molecule has 0 fully saturated rings. The Balaban J connectivity index is 2.99. The third-order valence-electron chi connectivity index (χ3n) is 1.40. The van der Waals surface area contributed by atoms with Crippen LogP contribution < -0.4 is 4.74 Å². The number of rotatable bonds is 2. The maximum Gasteiger partial charge on any atom is 0.119 e. The summed E-state index contributed by atoms with van der Waals surface area (Å²) in [6, 6.07) is 6.15. The fourth-order valence-electron chi connectivity index (χ4n) is 0.763. The average Bonchev–Trinajstić information content (AvgIpc) is 2.04. The molecule has 1 nitrogen and oxygen atoms in total. The second-order valence-corrected chi connectivity index (χ2v) is 4.02. The molecule has 0 aromatic heterocycles. The lowest BCUT2D eigenvalue weighted by molar-refractivity contribution is 0.414. The molecule has 1 rings (SSSR count). The maximum atomic E-state index is 5.09. The van der Waals surface area contributed by atoms with Gasteiger partial charge < -0.3 is 4.74 Å². The van der Waals surface area contributed by atoms with E-state index in [-0.39, 0.29) is 0 Å². The Hall–Kier alpha value is 0.480. The Bertz CT molecular complexity index is 248. The molecular weight excluding hydrogens is 366 g/mol. The molecule has 0 N–H and O–H groups in total. The maximum absolute atomic E-state index is 5.09. The van der Waals surface area contributed by atoms with Crippen LogP contribution in [0.4, 0.5) is 0 Å². The minimum absolute atomic E-state index is 0.933. The Morgan fingerprint density at radius 1 is 1.45 bits per heavy atom. The molecule has 0 atom stereocenters. The molecule has 0 heterocycles. The van der Waals surface area contributed by atoms with Gasteiger partial charge in [-0.2, -0.15) is 0 Å². The number of methoxy groups -OCH3 is 1. The van der Waals surface area contributed by atoms with Crippen molar-refractivity contribution in [2.75, 3.05) is 7.11 Å². The summed E-state index contributed by atoms with van der Waals surface area (Å²) in [5.41, 5.74) is 1.37. The summed E-state index contributed by atoms with van der Waals surface area (Å²) in [6.07, 6.45) is 0. The van der Waals surface area contributed by atoms with E-state index in [1.807, 2.05) is 6.07 Å². The van der Waals surface area contributed by atoms with Gasteiger partial charge in [0.25, 0.3) is 0 Å². The third kappa shape index (κ3) is 2.47. The molecule has 0 aliphatic rings. The van der Waals surface area contributed by atoms with Crippen LogP contribution in [0.5, 0.6) is 5.75 Å². The van der Waals surface area contributed by atoms with E-state index in [4.69, 9.17) is 4.74 Å². The highest BCUT2D eigenvalue weighted by Gasteiger charge is 1.98. The van der Waals surface area contributed by atoms with E-state index < -0.39 is 0 Å². The first kappa shape index (κ1) is 9.57. The Morgan fingerprint density at radius 3 is 2.64 bits per heavy atom. The van der Waals surface area contributed by atoms with Crippen LogP contribution in [-0.2, 0) is 4.43 Å². The lowest BCUT2D eigenvalue weighted by Crippen LogP contribution is -1.87. The Morgan fingerprint density at radius 2 is 2.18 bits per heavy atom. The highest BCUT2D eigenvalue weighted by atomic mass is 127. The van der Waals surface area contributed by atoms with Crippen LogP contribution in [0.2, 0.25) is 0 Å². The first-order chi connectivity index (χ1) is 5.27. The number of benzene rings is 1. The van der Waals surface area contributed by atoms with E-state index in [1.165, 1.54) is 9.13 Å². The van der Waals surface area contributed by atoms with Gasteiger partial charge in [-0.15, -0.1) is 0 Å². The molecule has 0 radical (unpaired) electrons. The van der Waals surface area contributed by atoms with Crippen molar-refractivity contribution in [1.82, 2.24) is 0 Å². The van der Waals surface area contributed by atoms with Crippen molar-refractivity contribution >= 4 is 45.2 Å². The fourth-order valence-corrected chi connectivity index (χ4v) is 2.84. The van der Waals surface area contributed by atoms with Crippen molar-refractivity contribution in [3.63, 3.8) is 0 Å². The lowest BCUT2D eigenvalue weighted by Gasteiger charge is -2.03. The number of alkyl halides is 1. The van der Waals surface area contributed by atoms with E-state index in [0.717, 1.165) is 10.2 Å². The number of ether oxygens (including phenoxy) is 1. The predicted octanol–water partition coefficient (Wildman–Crippen LogP) is 3.23. The molecule has 11 heavy (non-hydrogen) atoms. The second-order valence-electron chi connectivity index (χ2n) is 2.09. The van der Waals surface area contributed by atoms with Gasteiger partial charge in [-0.1, -0.05) is 28.7 Å². The summed E-state index contributed by atoms with van der Waals surface area (Å²) in [5, 5.41) is 0. The predicted molar refractivity (Wildman–Crippen MR) is 63.4 cm³/mol. The normalized spacial score (nSPS) is 9.73. The zero-order valence-electron chi connectivity index (χ0n) is 6.10. The van der Waals surface area contributed by atoms with E-state index >= 15 is 0 Å². The molecule has 0 saturated heterocycles. The van der Waals surface area contributed by atoms with Crippen LogP contribution in [0.25, 0.3) is 0 Å². The van der Waals surface area contributed by atoms with E-state index in [1.54, 1.807) is 7.11 Å². The van der Waals surface area contributed by atoms with Gasteiger partial charge in [-0.3, -0.25) is 0 Å². The van der Waals surface area contributed by atoms with E-state index in [9.17, 15) is 0 Å². The average molecular weight is 374 g/mol. The first-order valence-electron chi connectivity index (χ1n) is 3.16. The lowest BCUT2D eigenvalue weighted by atomic mass is 10.2. The fraction of sp³-hybridized carbons (Fsp3) is 0.250. The molecule has 3 heteroatoms. The van der Waals surface area contributed by atoms with Crippen LogP contribution in [0.3, 0.4) is 0 Å². The zero-order chi connectivity index (χ0) is 8.27. The molecule has 0 aliphatic heterocycles. The van der Waals surface area contributed by atoms with E-state index in [0.29, 0.717) is 0 Å². The molecule has 1 aromatic rings. The minimum atomic E-state index is 0.933. The summed E-state index contributed by atoms with van der Waals surface area (Å²) in [7, 11) is 1.69. The molecule has 0 unspecified atom stereocenters. The van der Waals surface area contributed by atoms with Gasteiger partial charge in [0.05, 0.1) is 7.11 Å². The molecule has 0 amide bonds. The van der Waals surface area contributed by atoms with Crippen molar-refractivity contribution < 1.29 is 4.74 Å². The summed E-state index contributed by atoms with van der Waals surface area (Å²) >= 11 is 4.68. The number of hydrogen-bond acceptors (Lipinski definition) is 1. The highest BCUT2D eigenvalue weighted by molar-refractivity contribution is 14.1. The van der Waals surface area contributed by atoms with Crippen molar-refractivity contribution in [2.45, 2.75) is 4.43 Å². The van der Waals surface area contributed by atoms with Crippen LogP contribution in [0.15, 0.2) is 18.2 Å². The summed E-state index contributed by atoms with van der Waals surface area (Å²) < 4.78 is 7.42. The number of hydrogen-bond donors (Lipinski definition) is 0. The molecule has 0 saturated carbocycles. The Kier molecular flexibility index (Phi) is 3.91. The first-order valence-corrected chi connectivity index (χ1v) is 5.76. The standard InChI is InChI=1S/C8H8I2O/c1-11-7-3-2-6(5-9)8(10)4-7/h2-4H,5H2,1H3. The molecule has 0 bridgehead atoms. The second kappa shape index (κ2) is 4.49. The van der Waals surface area contributed by atoms with Gasteiger partial charge in [0.2, 0.25) is 0 Å². The topological polar surface area (TPSA) is 9.23 Å². The summed E-state index contributed by atoms with van der Waals surface area (Å²) in [5.74, 6) is 0.933. The van der Waals surface area contributed by atoms with Gasteiger partial charge in [-0.25, -0.2) is 0 Å². The molecule has 0 aliphatic carbocycles. The molecule has 1 aromatic carbocycles. The molecule has 60 valence electrons. The van der Waals surface area contributed by atoms with Gasteiger partial charge in [0.1, 0.15) is 5.75 Å². The number of halogens is 2. The SMILES string of the molecule is COc1ccc(CI)c(I)c1. The largest absolute Gasteiger partial charge is 0.497 e. The van der Waals surface area contributed by atoms with Gasteiger partial charge in [-0.05, 0) is 40.3 Å². The van der Waals surface area contributed by atoms with Crippen LogP contribution in [-0.4, -0.2) is 7.11 Å². The Labute approximate surface area is 93.8 Å². The third-order valence-corrected chi connectivity index (χ3v) is 3.23. The van der Waals surface area contributed by atoms with Gasteiger partial charge in [0, 0.05) is 8.00 Å².